The SMILES string of the molecule is O=C(Nc1ccc2cc(S(=O)(=O)[O-])cc(S(=O)(=O)[O-])c2c1)c1ccccc1. The molecule has 27 heavy (non-hydrogen) atoms. The summed E-state index contributed by atoms with van der Waals surface area (Å²) >= 11 is 0. The minimum Gasteiger partial charge on any atom is -0.744 e. The molecule has 0 aliphatic rings. The average Bonchev–Trinajstić information content (AvgIpc) is 2.59. The largest absolute Gasteiger partial charge is 0.744 e. The van der Waals surface area contributed by atoms with Crippen molar-refractivity contribution in [2.45, 2.75) is 9.79 Å². The first kappa shape index (κ1) is 19.0. The molecule has 3 rings (SSSR count). The molecule has 0 saturated carbocycles. The second-order valence-electron chi connectivity index (χ2n) is 5.59. The fourth-order valence-corrected chi connectivity index (χ4v) is 3.84. The number of amides is 1. The zero-order valence-corrected chi connectivity index (χ0v) is 15.1. The van der Waals surface area contributed by atoms with E-state index in [2.05, 4.69) is 5.32 Å². The van der Waals surface area contributed by atoms with Gasteiger partial charge >= 0.3 is 0 Å². The van der Waals surface area contributed by atoms with Crippen molar-refractivity contribution < 1.29 is 30.7 Å². The third kappa shape index (κ3) is 4.14. The molecule has 0 unspecified atom stereocenters. The third-order valence-electron chi connectivity index (χ3n) is 3.74. The van der Waals surface area contributed by atoms with Crippen molar-refractivity contribution >= 4 is 42.6 Å². The molecule has 0 saturated heterocycles. The normalized spacial score (nSPS) is 12.1. The highest BCUT2D eigenvalue weighted by Crippen LogP contribution is 2.29. The summed E-state index contributed by atoms with van der Waals surface area (Å²) in [7, 11) is -10.0. The number of fused-ring (bicyclic) bond motifs is 1. The summed E-state index contributed by atoms with van der Waals surface area (Å²) in [5.41, 5.74) is 0.557. The van der Waals surface area contributed by atoms with Gasteiger partial charge in [-0.05, 0) is 41.8 Å². The summed E-state index contributed by atoms with van der Waals surface area (Å²) in [4.78, 5) is 10.5. The van der Waals surface area contributed by atoms with Gasteiger partial charge in [-0.1, -0.05) is 24.3 Å². The molecule has 1 N–H and O–H groups in total. The first-order valence-corrected chi connectivity index (χ1v) is 10.2. The van der Waals surface area contributed by atoms with Crippen molar-refractivity contribution in [2.75, 3.05) is 5.32 Å². The van der Waals surface area contributed by atoms with E-state index >= 15 is 0 Å². The van der Waals surface area contributed by atoms with Crippen LogP contribution in [0.15, 0.2) is 70.5 Å². The highest BCUT2D eigenvalue weighted by atomic mass is 32.2. The number of carbonyl (C=O) groups excluding carboxylic acids is 1. The van der Waals surface area contributed by atoms with Crippen molar-refractivity contribution in [3.63, 3.8) is 0 Å². The van der Waals surface area contributed by atoms with Crippen LogP contribution in [0.1, 0.15) is 10.4 Å². The molecule has 0 radical (unpaired) electrons. The Labute approximate surface area is 155 Å². The number of hydrogen-bond acceptors (Lipinski definition) is 7. The molecule has 1 amide bonds. The molecule has 3 aromatic carbocycles. The van der Waals surface area contributed by atoms with Crippen LogP contribution in [-0.4, -0.2) is 31.8 Å². The molecule has 0 aromatic heterocycles. The molecule has 3 aromatic rings. The molecule has 0 fully saturated rings. The Bertz CT molecular complexity index is 1250. The van der Waals surface area contributed by atoms with Crippen molar-refractivity contribution in [3.8, 4) is 0 Å². The van der Waals surface area contributed by atoms with Crippen molar-refractivity contribution in [1.82, 2.24) is 0 Å². The van der Waals surface area contributed by atoms with Crippen molar-refractivity contribution in [2.24, 2.45) is 0 Å². The molecule has 0 aliphatic heterocycles. The first-order valence-electron chi connectivity index (χ1n) is 7.42. The number of hydrogen-bond donors (Lipinski definition) is 1. The van der Waals surface area contributed by atoms with Crippen LogP contribution in [0.3, 0.4) is 0 Å². The number of anilines is 1. The monoisotopic (exact) mass is 405 g/mol. The summed E-state index contributed by atoms with van der Waals surface area (Å²) in [6.45, 7) is 0. The van der Waals surface area contributed by atoms with Crippen molar-refractivity contribution in [1.29, 1.82) is 0 Å². The van der Waals surface area contributed by atoms with E-state index < -0.39 is 35.9 Å². The molecule has 0 bridgehead atoms. The Morgan fingerprint density at radius 3 is 2.07 bits per heavy atom. The molecule has 0 atom stereocenters. The smallest absolute Gasteiger partial charge is 0.255 e. The van der Waals surface area contributed by atoms with Crippen LogP contribution in [0.5, 0.6) is 0 Å². The van der Waals surface area contributed by atoms with Gasteiger partial charge in [-0.2, -0.15) is 0 Å². The number of nitrogens with one attached hydrogen (secondary N) is 1. The van der Waals surface area contributed by atoms with E-state index in [1.165, 1.54) is 18.2 Å². The molecule has 140 valence electrons. The summed E-state index contributed by atoms with van der Waals surface area (Å²) in [6.07, 6.45) is 0. The van der Waals surface area contributed by atoms with Gasteiger partial charge in [0.25, 0.3) is 5.91 Å². The van der Waals surface area contributed by atoms with Crippen LogP contribution in [0.2, 0.25) is 0 Å². The van der Waals surface area contributed by atoms with E-state index in [0.29, 0.717) is 11.6 Å². The highest BCUT2D eigenvalue weighted by Gasteiger charge is 2.14. The Morgan fingerprint density at radius 2 is 1.48 bits per heavy atom. The number of benzene rings is 3. The van der Waals surface area contributed by atoms with Gasteiger partial charge in [-0.3, -0.25) is 4.79 Å². The second kappa shape index (κ2) is 6.74. The molecule has 8 nitrogen and oxygen atoms in total. The second-order valence-corrected chi connectivity index (χ2v) is 8.31. The van der Waals surface area contributed by atoms with Crippen LogP contribution in [0.4, 0.5) is 5.69 Å². The van der Waals surface area contributed by atoms with Crippen molar-refractivity contribution in [3.05, 3.63) is 66.2 Å². The minimum atomic E-state index is -5.08. The van der Waals surface area contributed by atoms with Gasteiger partial charge in [0.15, 0.2) is 0 Å². The Balaban J connectivity index is 2.13. The van der Waals surface area contributed by atoms with Gasteiger partial charge in [0.05, 0.1) is 9.79 Å². The molecule has 0 aliphatic carbocycles. The van der Waals surface area contributed by atoms with E-state index in [9.17, 15) is 30.7 Å². The van der Waals surface area contributed by atoms with Crippen LogP contribution in [0.25, 0.3) is 10.8 Å². The Hall–Kier alpha value is -2.79. The summed E-state index contributed by atoms with van der Waals surface area (Å²) in [6, 6.07) is 13.6. The fraction of sp³-hybridized carbons (Fsp3) is 0. The molecule has 10 heteroatoms. The highest BCUT2D eigenvalue weighted by molar-refractivity contribution is 7.86. The molecular formula is C17H11NO7S2-2. The fourth-order valence-electron chi connectivity index (χ4n) is 2.52. The van der Waals surface area contributed by atoms with Gasteiger partial charge in [0.1, 0.15) is 20.2 Å². The summed E-state index contributed by atoms with van der Waals surface area (Å²) < 4.78 is 68.3. The molecular weight excluding hydrogens is 394 g/mol. The summed E-state index contributed by atoms with van der Waals surface area (Å²) in [5, 5.41) is 2.50. The zero-order valence-electron chi connectivity index (χ0n) is 13.4. The standard InChI is InChI=1S/C17H13NO7S2/c19-17(11-4-2-1-3-5-11)18-13-7-6-12-8-14(26(20,21)22)10-16(15(12)9-13)27(23,24)25/h1-10H,(H,18,19)(H,20,21,22)(H,23,24,25)/p-2. The quantitative estimate of drug-likeness (QED) is 0.653. The lowest BCUT2D eigenvalue weighted by Crippen LogP contribution is -2.11. The average molecular weight is 405 g/mol. The maximum absolute atomic E-state index is 12.2. The lowest BCUT2D eigenvalue weighted by molar-refractivity contribution is 0.102. The minimum absolute atomic E-state index is 0.0547. The van der Waals surface area contributed by atoms with Gasteiger partial charge in [0.2, 0.25) is 0 Å². The number of carbonyl (C=O) groups is 1. The van der Waals surface area contributed by atoms with Gasteiger partial charge in [-0.25, -0.2) is 16.8 Å². The van der Waals surface area contributed by atoms with Gasteiger partial charge in [0, 0.05) is 16.6 Å². The van der Waals surface area contributed by atoms with Crippen LogP contribution >= 0.6 is 0 Å². The lowest BCUT2D eigenvalue weighted by atomic mass is 10.1. The van der Waals surface area contributed by atoms with Crippen LogP contribution in [0, 0.1) is 0 Å². The van der Waals surface area contributed by atoms with E-state index in [4.69, 9.17) is 0 Å². The zero-order chi connectivity index (χ0) is 19.8. The predicted octanol–water partition coefficient (Wildman–Crippen LogP) is 1.90. The Morgan fingerprint density at radius 1 is 0.815 bits per heavy atom. The topological polar surface area (TPSA) is 144 Å². The first-order chi connectivity index (χ1) is 12.6. The number of rotatable bonds is 4. The third-order valence-corrected chi connectivity index (χ3v) is 5.43. The van der Waals surface area contributed by atoms with Crippen LogP contribution in [-0.2, 0) is 20.2 Å². The van der Waals surface area contributed by atoms with E-state index in [1.807, 2.05) is 0 Å². The maximum atomic E-state index is 12.2. The lowest BCUT2D eigenvalue weighted by Gasteiger charge is -2.16. The summed E-state index contributed by atoms with van der Waals surface area (Å²) in [5.74, 6) is -0.458. The molecule has 0 spiro atoms. The van der Waals surface area contributed by atoms with Gasteiger partial charge in [-0.15, -0.1) is 0 Å². The van der Waals surface area contributed by atoms with E-state index in [0.717, 1.165) is 6.07 Å². The van der Waals surface area contributed by atoms with Crippen LogP contribution < -0.4 is 5.32 Å². The predicted molar refractivity (Wildman–Crippen MR) is 94.3 cm³/mol. The van der Waals surface area contributed by atoms with E-state index in [-0.39, 0.29) is 16.5 Å². The molecule has 0 heterocycles. The Kier molecular flexibility index (Phi) is 4.74. The van der Waals surface area contributed by atoms with E-state index in [1.54, 1.807) is 30.3 Å². The maximum Gasteiger partial charge on any atom is 0.255 e. The van der Waals surface area contributed by atoms with Gasteiger partial charge < -0.3 is 14.4 Å².